The zero-order chi connectivity index (χ0) is 12.5. The predicted molar refractivity (Wildman–Crippen MR) is 65.1 cm³/mol. The third-order valence-corrected chi connectivity index (χ3v) is 2.95. The molecule has 0 saturated carbocycles. The van der Waals surface area contributed by atoms with Gasteiger partial charge in [-0.3, -0.25) is 0 Å². The van der Waals surface area contributed by atoms with Gasteiger partial charge in [0.15, 0.2) is 6.10 Å². The van der Waals surface area contributed by atoms with E-state index >= 15 is 0 Å². The summed E-state index contributed by atoms with van der Waals surface area (Å²) >= 11 is 0. The molecule has 0 spiro atoms. The summed E-state index contributed by atoms with van der Waals surface area (Å²) in [6.07, 6.45) is 5.33. The Labute approximate surface area is 104 Å². The molecule has 92 valence electrons. The molecule has 2 heterocycles. The van der Waals surface area contributed by atoms with Gasteiger partial charge in [0.25, 0.3) is 0 Å². The van der Waals surface area contributed by atoms with Crippen LogP contribution in [0.3, 0.4) is 0 Å². The second-order valence-corrected chi connectivity index (χ2v) is 4.27. The molecule has 0 radical (unpaired) electrons. The summed E-state index contributed by atoms with van der Waals surface area (Å²) in [6, 6.07) is 4.96. The van der Waals surface area contributed by atoms with Crippen molar-refractivity contribution in [1.82, 2.24) is 9.55 Å². The number of nitrogens with zero attached hydrogens (tertiary/aromatic N) is 3. The Morgan fingerprint density at radius 1 is 1.44 bits per heavy atom. The average molecular weight is 245 g/mol. The minimum atomic E-state index is -0.358. The number of benzene rings is 1. The molecule has 2 aromatic rings. The molecule has 0 aliphatic carbocycles. The van der Waals surface area contributed by atoms with Gasteiger partial charge in [-0.2, -0.15) is 0 Å². The molecule has 0 amide bonds. The molecule has 0 fully saturated rings. The summed E-state index contributed by atoms with van der Waals surface area (Å²) in [5, 5.41) is 3.88. The van der Waals surface area contributed by atoms with Gasteiger partial charge in [-0.1, -0.05) is 11.2 Å². The quantitative estimate of drug-likeness (QED) is 0.816. The first-order chi connectivity index (χ1) is 8.75. The van der Waals surface area contributed by atoms with Crippen molar-refractivity contribution in [2.24, 2.45) is 5.16 Å². The smallest absolute Gasteiger partial charge is 0.162 e. The van der Waals surface area contributed by atoms with Gasteiger partial charge >= 0.3 is 0 Å². The molecule has 0 unspecified atom stereocenters. The third-order valence-electron chi connectivity index (χ3n) is 2.95. The van der Waals surface area contributed by atoms with Crippen LogP contribution in [0.4, 0.5) is 4.39 Å². The summed E-state index contributed by atoms with van der Waals surface area (Å²) in [6.45, 7) is 1.87. The van der Waals surface area contributed by atoms with E-state index in [9.17, 15) is 4.39 Å². The molecule has 0 bridgehead atoms. The molecule has 0 saturated heterocycles. The SMILES string of the molecule is CC1=NO[C@@H](c2c(F)cccc2-n2ccnc2)C1. The summed E-state index contributed by atoms with van der Waals surface area (Å²) in [5.74, 6) is -0.281. The molecule has 18 heavy (non-hydrogen) atoms. The van der Waals surface area contributed by atoms with Gasteiger partial charge in [0, 0.05) is 18.8 Å². The normalized spacial score (nSPS) is 18.6. The van der Waals surface area contributed by atoms with Gasteiger partial charge < -0.3 is 9.40 Å². The molecule has 0 N–H and O–H groups in total. The van der Waals surface area contributed by atoms with Gasteiger partial charge in [0.05, 0.1) is 23.3 Å². The maximum Gasteiger partial charge on any atom is 0.162 e. The number of halogens is 1. The topological polar surface area (TPSA) is 39.4 Å². The molecule has 1 aromatic carbocycles. The third kappa shape index (κ3) is 1.77. The van der Waals surface area contributed by atoms with E-state index in [4.69, 9.17) is 4.84 Å². The van der Waals surface area contributed by atoms with E-state index < -0.39 is 0 Å². The first-order valence-corrected chi connectivity index (χ1v) is 5.72. The van der Waals surface area contributed by atoms with Crippen LogP contribution in [-0.2, 0) is 4.84 Å². The Morgan fingerprint density at radius 2 is 2.33 bits per heavy atom. The lowest BCUT2D eigenvalue weighted by molar-refractivity contribution is 0.0829. The van der Waals surface area contributed by atoms with Crippen molar-refractivity contribution >= 4 is 5.71 Å². The Kier molecular flexibility index (Phi) is 2.59. The predicted octanol–water partition coefficient (Wildman–Crippen LogP) is 2.85. The standard InChI is InChI=1S/C13H12FN3O/c1-9-7-12(18-16-9)13-10(14)3-2-4-11(13)17-6-5-15-8-17/h2-6,8,12H,7H2,1H3/t12-/m1/s1. The van der Waals surface area contributed by atoms with E-state index in [-0.39, 0.29) is 11.9 Å². The summed E-state index contributed by atoms with van der Waals surface area (Å²) in [7, 11) is 0. The zero-order valence-corrected chi connectivity index (χ0v) is 9.88. The highest BCUT2D eigenvalue weighted by Gasteiger charge is 2.26. The van der Waals surface area contributed by atoms with E-state index in [0.29, 0.717) is 12.0 Å². The first-order valence-electron chi connectivity index (χ1n) is 5.72. The number of rotatable bonds is 2. The van der Waals surface area contributed by atoms with Crippen LogP contribution in [0.2, 0.25) is 0 Å². The van der Waals surface area contributed by atoms with Crippen molar-refractivity contribution in [3.05, 3.63) is 48.3 Å². The van der Waals surface area contributed by atoms with Gasteiger partial charge in [0.1, 0.15) is 5.82 Å². The van der Waals surface area contributed by atoms with E-state index in [1.54, 1.807) is 29.4 Å². The molecule has 1 atom stereocenters. The Hall–Kier alpha value is -2.17. The molecule has 1 aliphatic heterocycles. The molecule has 3 rings (SSSR count). The monoisotopic (exact) mass is 245 g/mol. The molecular weight excluding hydrogens is 233 g/mol. The lowest BCUT2D eigenvalue weighted by Crippen LogP contribution is -2.07. The van der Waals surface area contributed by atoms with Crippen LogP contribution in [0.15, 0.2) is 42.1 Å². The van der Waals surface area contributed by atoms with Crippen molar-refractivity contribution in [2.75, 3.05) is 0 Å². The lowest BCUT2D eigenvalue weighted by Gasteiger charge is -2.15. The second-order valence-electron chi connectivity index (χ2n) is 4.27. The van der Waals surface area contributed by atoms with E-state index in [2.05, 4.69) is 10.1 Å². The number of hydrogen-bond acceptors (Lipinski definition) is 3. The highest BCUT2D eigenvalue weighted by Crippen LogP contribution is 2.33. The molecule has 1 aromatic heterocycles. The molecule has 4 nitrogen and oxygen atoms in total. The number of hydrogen-bond donors (Lipinski definition) is 0. The van der Waals surface area contributed by atoms with Crippen molar-refractivity contribution in [3.8, 4) is 5.69 Å². The van der Waals surface area contributed by atoms with Crippen LogP contribution in [0.5, 0.6) is 0 Å². The largest absolute Gasteiger partial charge is 0.387 e. The molecule has 5 heteroatoms. The lowest BCUT2D eigenvalue weighted by atomic mass is 10.0. The Balaban J connectivity index is 2.08. The fourth-order valence-electron chi connectivity index (χ4n) is 2.12. The molecule has 1 aliphatic rings. The maximum atomic E-state index is 14.1. The fourth-order valence-corrected chi connectivity index (χ4v) is 2.12. The zero-order valence-electron chi connectivity index (χ0n) is 9.88. The first kappa shape index (κ1) is 11.0. The van der Waals surface area contributed by atoms with Crippen molar-refractivity contribution in [2.45, 2.75) is 19.4 Å². The van der Waals surface area contributed by atoms with Crippen molar-refractivity contribution in [1.29, 1.82) is 0 Å². The highest BCUT2D eigenvalue weighted by molar-refractivity contribution is 5.83. The van der Waals surface area contributed by atoms with Crippen LogP contribution in [0, 0.1) is 5.82 Å². The summed E-state index contributed by atoms with van der Waals surface area (Å²) in [4.78, 5) is 9.27. The van der Waals surface area contributed by atoms with Crippen LogP contribution in [0.25, 0.3) is 5.69 Å². The minimum Gasteiger partial charge on any atom is -0.387 e. The van der Waals surface area contributed by atoms with Crippen LogP contribution < -0.4 is 0 Å². The number of oxime groups is 1. The van der Waals surface area contributed by atoms with Crippen molar-refractivity contribution in [3.63, 3.8) is 0 Å². The maximum absolute atomic E-state index is 14.1. The van der Waals surface area contributed by atoms with Crippen LogP contribution >= 0.6 is 0 Å². The fraction of sp³-hybridized carbons (Fsp3) is 0.231. The van der Waals surface area contributed by atoms with Gasteiger partial charge in [-0.15, -0.1) is 0 Å². The van der Waals surface area contributed by atoms with Gasteiger partial charge in [0.2, 0.25) is 0 Å². The Bertz CT molecular complexity index is 592. The second kappa shape index (κ2) is 4.25. The van der Waals surface area contributed by atoms with Crippen LogP contribution in [-0.4, -0.2) is 15.3 Å². The average Bonchev–Trinajstić information content (AvgIpc) is 2.99. The van der Waals surface area contributed by atoms with Crippen LogP contribution in [0.1, 0.15) is 25.0 Å². The van der Waals surface area contributed by atoms with E-state index in [1.807, 2.05) is 13.0 Å². The van der Waals surface area contributed by atoms with E-state index in [1.165, 1.54) is 6.07 Å². The number of aromatic nitrogens is 2. The Morgan fingerprint density at radius 3 is 3.00 bits per heavy atom. The van der Waals surface area contributed by atoms with Gasteiger partial charge in [-0.25, -0.2) is 9.37 Å². The van der Waals surface area contributed by atoms with E-state index in [0.717, 1.165) is 11.4 Å². The van der Waals surface area contributed by atoms with Crippen molar-refractivity contribution < 1.29 is 9.23 Å². The minimum absolute atomic E-state index is 0.281. The summed E-state index contributed by atoms with van der Waals surface area (Å²) < 4.78 is 15.8. The van der Waals surface area contributed by atoms with Gasteiger partial charge in [-0.05, 0) is 19.1 Å². The highest BCUT2D eigenvalue weighted by atomic mass is 19.1. The summed E-state index contributed by atoms with van der Waals surface area (Å²) in [5.41, 5.74) is 2.14. The number of imidazole rings is 1. The molecular formula is C13H12FN3O.